The van der Waals surface area contributed by atoms with E-state index < -0.39 is 0 Å². The maximum atomic E-state index is 13.6. The number of hydrogen-bond donors (Lipinski definition) is 0. The molecule has 1 aliphatic carbocycles. The minimum atomic E-state index is 0.0419. The molecule has 0 bridgehead atoms. The number of thioether (sulfide) groups is 1. The number of nitrogens with zero attached hydrogens (tertiary/aromatic N) is 2. The minimum absolute atomic E-state index is 0.0419. The van der Waals surface area contributed by atoms with Gasteiger partial charge >= 0.3 is 0 Å². The second kappa shape index (κ2) is 10.9. The van der Waals surface area contributed by atoms with Crippen LogP contribution in [0.4, 0.5) is 5.69 Å². The van der Waals surface area contributed by atoms with E-state index in [1.807, 2.05) is 73.4 Å². The molecular formula is C27H32N2O3S. The van der Waals surface area contributed by atoms with Crippen LogP contribution in [0.1, 0.15) is 52.0 Å². The summed E-state index contributed by atoms with van der Waals surface area (Å²) in [6.07, 6.45) is 6.49. The van der Waals surface area contributed by atoms with Gasteiger partial charge in [0.15, 0.2) is 16.7 Å². The molecule has 2 aromatic rings. The fourth-order valence-electron chi connectivity index (χ4n) is 4.46. The van der Waals surface area contributed by atoms with Crippen LogP contribution in [0.15, 0.2) is 58.4 Å². The van der Waals surface area contributed by atoms with Crippen molar-refractivity contribution >= 4 is 34.6 Å². The van der Waals surface area contributed by atoms with Gasteiger partial charge in [0.1, 0.15) is 0 Å². The van der Waals surface area contributed by atoms with Gasteiger partial charge in [-0.2, -0.15) is 0 Å². The highest BCUT2D eigenvalue weighted by Crippen LogP contribution is 2.40. The molecule has 2 aromatic carbocycles. The van der Waals surface area contributed by atoms with Gasteiger partial charge in [-0.3, -0.25) is 9.69 Å². The zero-order valence-corrected chi connectivity index (χ0v) is 20.4. The molecule has 1 saturated heterocycles. The maximum Gasteiger partial charge on any atom is 0.267 e. The molecule has 4 rings (SSSR count). The summed E-state index contributed by atoms with van der Waals surface area (Å²) in [5, 5.41) is 0.771. The van der Waals surface area contributed by atoms with Gasteiger partial charge in [0.05, 0.1) is 23.8 Å². The second-order valence-electron chi connectivity index (χ2n) is 8.42. The quantitative estimate of drug-likeness (QED) is 0.430. The van der Waals surface area contributed by atoms with Crippen LogP contribution in [-0.2, 0) is 4.79 Å². The number of carbonyl (C=O) groups is 1. The highest BCUT2D eigenvalue weighted by molar-refractivity contribution is 8.18. The maximum absolute atomic E-state index is 13.6. The van der Waals surface area contributed by atoms with Gasteiger partial charge in [-0.15, -0.1) is 0 Å². The number of amidine groups is 1. The number of aliphatic imine (C=N–C) groups is 1. The summed E-state index contributed by atoms with van der Waals surface area (Å²) >= 11 is 1.46. The minimum Gasteiger partial charge on any atom is -0.490 e. The first-order valence-electron chi connectivity index (χ1n) is 11.9. The van der Waals surface area contributed by atoms with Crippen LogP contribution >= 0.6 is 11.8 Å². The molecule has 0 N–H and O–H groups in total. The molecule has 0 spiro atoms. The predicted molar refractivity (Wildman–Crippen MR) is 136 cm³/mol. The van der Waals surface area contributed by atoms with E-state index in [-0.39, 0.29) is 11.9 Å². The Morgan fingerprint density at radius 2 is 1.76 bits per heavy atom. The largest absolute Gasteiger partial charge is 0.490 e. The van der Waals surface area contributed by atoms with Crippen molar-refractivity contribution < 1.29 is 14.3 Å². The molecule has 2 fully saturated rings. The fourth-order valence-corrected chi connectivity index (χ4v) is 5.50. The van der Waals surface area contributed by atoms with Crippen molar-refractivity contribution in [3.05, 3.63) is 59.0 Å². The number of ether oxygens (including phenoxy) is 2. The number of hydrogen-bond acceptors (Lipinski definition) is 5. The number of amides is 1. The molecule has 1 heterocycles. The van der Waals surface area contributed by atoms with E-state index in [0.717, 1.165) is 41.4 Å². The first-order chi connectivity index (χ1) is 16.1. The van der Waals surface area contributed by atoms with Crippen molar-refractivity contribution in [3.63, 3.8) is 0 Å². The third kappa shape index (κ3) is 5.44. The molecule has 0 aromatic heterocycles. The zero-order chi connectivity index (χ0) is 23.2. The van der Waals surface area contributed by atoms with Gasteiger partial charge in [0.25, 0.3) is 5.91 Å². The van der Waals surface area contributed by atoms with Crippen LogP contribution in [-0.4, -0.2) is 35.2 Å². The molecule has 2 atom stereocenters. The first-order valence-corrected chi connectivity index (χ1v) is 12.7. The van der Waals surface area contributed by atoms with E-state index in [9.17, 15) is 4.79 Å². The number of para-hydroxylation sites is 1. The van der Waals surface area contributed by atoms with Crippen molar-refractivity contribution in [3.8, 4) is 11.5 Å². The van der Waals surface area contributed by atoms with Crippen molar-refractivity contribution in [2.75, 3.05) is 13.2 Å². The molecule has 1 aliphatic heterocycles. The summed E-state index contributed by atoms with van der Waals surface area (Å²) < 4.78 is 11.5. The summed E-state index contributed by atoms with van der Waals surface area (Å²) in [5.41, 5.74) is 1.78. The summed E-state index contributed by atoms with van der Waals surface area (Å²) in [4.78, 5) is 21.2. The molecule has 33 heavy (non-hydrogen) atoms. The van der Waals surface area contributed by atoms with E-state index in [1.165, 1.54) is 18.2 Å². The average molecular weight is 465 g/mol. The Balaban J connectivity index is 1.69. The Morgan fingerprint density at radius 1 is 1.03 bits per heavy atom. The van der Waals surface area contributed by atoms with Gasteiger partial charge in [-0.1, -0.05) is 44.0 Å². The summed E-state index contributed by atoms with van der Waals surface area (Å²) in [5.74, 6) is 1.91. The Bertz CT molecular complexity index is 1030. The normalized spacial score (nSPS) is 23.4. The molecule has 1 amide bonds. The summed E-state index contributed by atoms with van der Waals surface area (Å²) in [6.45, 7) is 7.28. The lowest BCUT2D eigenvalue weighted by molar-refractivity contribution is -0.124. The molecule has 2 aliphatic rings. The van der Waals surface area contributed by atoms with Gasteiger partial charge in [0, 0.05) is 6.04 Å². The summed E-state index contributed by atoms with van der Waals surface area (Å²) in [7, 11) is 0. The van der Waals surface area contributed by atoms with Crippen LogP contribution in [0.5, 0.6) is 11.5 Å². The van der Waals surface area contributed by atoms with E-state index in [4.69, 9.17) is 14.5 Å². The number of carbonyl (C=O) groups excluding carboxylic acids is 1. The van der Waals surface area contributed by atoms with Crippen LogP contribution in [0.25, 0.3) is 6.08 Å². The highest BCUT2D eigenvalue weighted by atomic mass is 32.2. The van der Waals surface area contributed by atoms with Crippen LogP contribution in [0, 0.1) is 5.92 Å². The SMILES string of the molecule is CCOc1ccc(/C=C2\SC(=Nc3ccccc3)N([C@H]3CCCC[C@H]3C)C2=O)cc1OCC. The smallest absolute Gasteiger partial charge is 0.267 e. The van der Waals surface area contributed by atoms with E-state index in [2.05, 4.69) is 6.92 Å². The van der Waals surface area contributed by atoms with Crippen LogP contribution in [0.2, 0.25) is 0 Å². The zero-order valence-electron chi connectivity index (χ0n) is 19.6. The van der Waals surface area contributed by atoms with Gasteiger partial charge in [0.2, 0.25) is 0 Å². The Labute approximate surface area is 200 Å². The molecule has 6 heteroatoms. The molecular weight excluding hydrogens is 432 g/mol. The highest BCUT2D eigenvalue weighted by Gasteiger charge is 2.41. The fraction of sp³-hybridized carbons (Fsp3) is 0.407. The van der Waals surface area contributed by atoms with Crippen molar-refractivity contribution in [2.45, 2.75) is 52.5 Å². The van der Waals surface area contributed by atoms with Gasteiger partial charge in [-0.05, 0) is 80.3 Å². The van der Waals surface area contributed by atoms with Gasteiger partial charge < -0.3 is 9.47 Å². The summed E-state index contributed by atoms with van der Waals surface area (Å²) in [6, 6.07) is 15.9. The third-order valence-corrected chi connectivity index (χ3v) is 7.06. The Morgan fingerprint density at radius 3 is 2.48 bits per heavy atom. The van der Waals surface area contributed by atoms with Crippen molar-refractivity contribution in [1.82, 2.24) is 4.90 Å². The second-order valence-corrected chi connectivity index (χ2v) is 9.43. The average Bonchev–Trinajstić information content (AvgIpc) is 3.11. The number of rotatable bonds is 7. The van der Waals surface area contributed by atoms with Crippen LogP contribution < -0.4 is 9.47 Å². The van der Waals surface area contributed by atoms with E-state index in [1.54, 1.807) is 0 Å². The molecule has 0 unspecified atom stereocenters. The Kier molecular flexibility index (Phi) is 7.76. The lowest BCUT2D eigenvalue weighted by Crippen LogP contribution is -2.44. The Hall–Kier alpha value is -2.73. The number of benzene rings is 2. The third-order valence-electron chi connectivity index (χ3n) is 6.08. The molecule has 1 saturated carbocycles. The van der Waals surface area contributed by atoms with Gasteiger partial charge in [-0.25, -0.2) is 4.99 Å². The molecule has 0 radical (unpaired) electrons. The van der Waals surface area contributed by atoms with Crippen LogP contribution in [0.3, 0.4) is 0 Å². The molecule has 174 valence electrons. The van der Waals surface area contributed by atoms with Crippen molar-refractivity contribution in [2.24, 2.45) is 10.9 Å². The lowest BCUT2D eigenvalue weighted by atomic mass is 9.85. The monoisotopic (exact) mass is 464 g/mol. The van der Waals surface area contributed by atoms with E-state index >= 15 is 0 Å². The standard InChI is InChI=1S/C27H32N2O3S/c1-4-31-23-16-15-20(17-24(23)32-5-2)18-25-26(30)29(22-14-10-9-11-19(22)3)27(33-25)28-21-12-7-6-8-13-21/h6-8,12-13,15-19,22H,4-5,9-11,14H2,1-3H3/b25-18-,28-27?/t19-,22+/m1/s1. The first kappa shape index (κ1) is 23.4. The predicted octanol–water partition coefficient (Wildman–Crippen LogP) is 6.67. The molecule has 5 nitrogen and oxygen atoms in total. The topological polar surface area (TPSA) is 51.1 Å². The van der Waals surface area contributed by atoms with Crippen molar-refractivity contribution in [1.29, 1.82) is 0 Å². The van der Waals surface area contributed by atoms with E-state index in [0.29, 0.717) is 29.8 Å². The lowest BCUT2D eigenvalue weighted by Gasteiger charge is -2.35.